The van der Waals surface area contributed by atoms with Gasteiger partial charge in [-0.05, 0) is 19.4 Å². The Morgan fingerprint density at radius 3 is 1.40 bits per heavy atom. The molecule has 0 aliphatic carbocycles. The maximum atomic E-state index is 5.63. The zero-order valence-corrected chi connectivity index (χ0v) is 8.54. The Morgan fingerprint density at radius 1 is 0.900 bits per heavy atom. The van der Waals surface area contributed by atoms with Gasteiger partial charge in [0.1, 0.15) is 4.49 Å². The largest absolute Gasteiger partial charge is 0.125 e. The molecule has 0 N–H and O–H groups in total. The minimum atomic E-state index is 0.0409. The van der Waals surface area contributed by atoms with Gasteiger partial charge in [0.15, 0.2) is 0 Å². The smallest absolute Gasteiger partial charge is 0.0891 e. The Balaban J connectivity index is 4.71. The van der Waals surface area contributed by atoms with Gasteiger partial charge in [-0.2, -0.15) is 0 Å². The van der Waals surface area contributed by atoms with E-state index >= 15 is 0 Å². The van der Waals surface area contributed by atoms with Gasteiger partial charge in [-0.3, -0.25) is 0 Å². The third-order valence-electron chi connectivity index (χ3n) is 1.01. The molecule has 0 fully saturated rings. The third-order valence-corrected chi connectivity index (χ3v) is 2.34. The second-order valence-electron chi connectivity index (χ2n) is 1.73. The molecule has 0 bridgehead atoms. The van der Waals surface area contributed by atoms with E-state index < -0.39 is 0 Å². The van der Waals surface area contributed by atoms with E-state index in [-0.39, 0.29) is 4.49 Å². The van der Waals surface area contributed by atoms with Gasteiger partial charge in [0.05, 0.1) is 5.03 Å². The normalized spacial score (nSPS) is 12.6. The van der Waals surface area contributed by atoms with Crippen LogP contribution in [-0.2, 0) is 0 Å². The molecule has 0 saturated heterocycles. The summed E-state index contributed by atoms with van der Waals surface area (Å²) in [6, 6.07) is 0. The van der Waals surface area contributed by atoms with E-state index in [1.165, 1.54) is 0 Å². The number of rotatable bonds is 1. The van der Waals surface area contributed by atoms with Gasteiger partial charge in [-0.15, -0.1) is 0 Å². The topological polar surface area (TPSA) is 0 Å². The first kappa shape index (κ1) is 10.6. The molecule has 0 spiro atoms. The van der Waals surface area contributed by atoms with Crippen molar-refractivity contribution >= 4 is 46.4 Å². The van der Waals surface area contributed by atoms with E-state index in [1.54, 1.807) is 13.8 Å². The Bertz CT molecular complexity index is 160. The fraction of sp³-hybridized carbons (Fsp3) is 0.333. The lowest BCUT2D eigenvalue weighted by molar-refractivity contribution is 1.42. The summed E-state index contributed by atoms with van der Waals surface area (Å²) in [6.07, 6.45) is 0. The molecule has 10 heavy (non-hydrogen) atoms. The van der Waals surface area contributed by atoms with Crippen LogP contribution in [0.3, 0.4) is 0 Å². The molecular weight excluding hydrogens is 214 g/mol. The monoisotopic (exact) mass is 218 g/mol. The lowest BCUT2D eigenvalue weighted by atomic mass is 10.3. The summed E-state index contributed by atoms with van der Waals surface area (Å²) in [5.41, 5.74) is 0.698. The summed E-state index contributed by atoms with van der Waals surface area (Å²) in [7, 11) is 0. The molecule has 0 rings (SSSR count). The van der Waals surface area contributed by atoms with Crippen LogP contribution in [0, 0.1) is 0 Å². The van der Waals surface area contributed by atoms with E-state index in [2.05, 4.69) is 0 Å². The van der Waals surface area contributed by atoms with Gasteiger partial charge in [-0.1, -0.05) is 46.4 Å². The molecule has 58 valence electrons. The molecule has 0 atom stereocenters. The first-order valence-corrected chi connectivity index (χ1v) is 4.02. The molecule has 4 heteroatoms. The van der Waals surface area contributed by atoms with Crippen molar-refractivity contribution < 1.29 is 0 Å². The lowest BCUT2D eigenvalue weighted by Gasteiger charge is -1.98. The predicted octanol–water partition coefficient (Wildman–Crippen LogP) is 4.40. The first-order valence-electron chi connectivity index (χ1n) is 2.51. The quantitative estimate of drug-likeness (QED) is 0.574. The minimum Gasteiger partial charge on any atom is -0.0891 e. The summed E-state index contributed by atoms with van der Waals surface area (Å²) in [4.78, 5) is 0. The fourth-order valence-electron chi connectivity index (χ4n) is 0.293. The van der Waals surface area contributed by atoms with Crippen LogP contribution in [0.2, 0.25) is 0 Å². The third kappa shape index (κ3) is 3.16. The molecule has 0 heterocycles. The van der Waals surface area contributed by atoms with Crippen molar-refractivity contribution in [2.45, 2.75) is 13.8 Å². The molecule has 0 aliphatic heterocycles. The summed E-state index contributed by atoms with van der Waals surface area (Å²) < 4.78 is 0.0409. The van der Waals surface area contributed by atoms with Crippen molar-refractivity contribution in [2.24, 2.45) is 0 Å². The van der Waals surface area contributed by atoms with E-state index in [4.69, 9.17) is 46.4 Å². The minimum absolute atomic E-state index is 0.0409. The average molecular weight is 220 g/mol. The molecule has 0 aromatic heterocycles. The van der Waals surface area contributed by atoms with Gasteiger partial charge in [0, 0.05) is 5.03 Å². The van der Waals surface area contributed by atoms with Gasteiger partial charge < -0.3 is 0 Å². The highest BCUT2D eigenvalue weighted by Gasteiger charge is 2.03. The number of hydrogen-bond donors (Lipinski definition) is 0. The maximum Gasteiger partial charge on any atom is 0.125 e. The second kappa shape index (κ2) is 4.50. The van der Waals surface area contributed by atoms with Crippen LogP contribution in [-0.4, -0.2) is 0 Å². The molecule has 0 unspecified atom stereocenters. The van der Waals surface area contributed by atoms with E-state index in [0.717, 1.165) is 0 Å². The molecule has 0 aromatic rings. The summed E-state index contributed by atoms with van der Waals surface area (Å²) >= 11 is 22.0. The molecule has 0 saturated carbocycles. The summed E-state index contributed by atoms with van der Waals surface area (Å²) in [6.45, 7) is 3.46. The van der Waals surface area contributed by atoms with Crippen LogP contribution in [0.1, 0.15) is 13.8 Å². The van der Waals surface area contributed by atoms with Crippen LogP contribution in [0.15, 0.2) is 20.1 Å². The predicted molar refractivity (Wildman–Crippen MR) is 48.8 cm³/mol. The van der Waals surface area contributed by atoms with E-state index in [9.17, 15) is 0 Å². The molecular formula is C6H6Cl4. The van der Waals surface area contributed by atoms with Gasteiger partial charge >= 0.3 is 0 Å². The molecule has 0 amide bonds. The van der Waals surface area contributed by atoms with Gasteiger partial charge in [0.2, 0.25) is 0 Å². The lowest BCUT2D eigenvalue weighted by Crippen LogP contribution is -1.78. The Labute approximate surface area is 80.4 Å². The van der Waals surface area contributed by atoms with Crippen LogP contribution < -0.4 is 0 Å². The van der Waals surface area contributed by atoms with Gasteiger partial charge in [0.25, 0.3) is 0 Å². The molecule has 0 radical (unpaired) electrons. The highest BCUT2D eigenvalue weighted by Crippen LogP contribution is 2.27. The molecule has 0 aromatic carbocycles. The zero-order valence-electron chi connectivity index (χ0n) is 5.51. The number of halogens is 4. The SMILES string of the molecule is C/C(Cl)=C(/C)C(Cl)=C(Cl)Cl. The molecule has 0 nitrogen and oxygen atoms in total. The van der Waals surface area contributed by atoms with Crippen molar-refractivity contribution in [3.63, 3.8) is 0 Å². The van der Waals surface area contributed by atoms with Crippen LogP contribution >= 0.6 is 46.4 Å². The standard InChI is InChI=1S/C6H6Cl4/c1-3(4(2)7)5(8)6(9)10/h1-2H3/b4-3+. The van der Waals surface area contributed by atoms with E-state index in [1.807, 2.05) is 0 Å². The van der Waals surface area contributed by atoms with Crippen molar-refractivity contribution in [1.29, 1.82) is 0 Å². The zero-order chi connectivity index (χ0) is 8.31. The Hall–Kier alpha value is 0.640. The maximum absolute atomic E-state index is 5.63. The van der Waals surface area contributed by atoms with Crippen molar-refractivity contribution in [3.8, 4) is 0 Å². The number of allylic oxidation sites excluding steroid dienone is 3. The first-order chi connectivity index (χ1) is 4.46. The Morgan fingerprint density at radius 2 is 1.30 bits per heavy atom. The Kier molecular flexibility index (Phi) is 4.79. The highest BCUT2D eigenvalue weighted by atomic mass is 35.5. The average Bonchev–Trinajstić information content (AvgIpc) is 1.84. The van der Waals surface area contributed by atoms with Crippen molar-refractivity contribution in [3.05, 3.63) is 20.1 Å². The van der Waals surface area contributed by atoms with Crippen molar-refractivity contribution in [2.75, 3.05) is 0 Å². The van der Waals surface area contributed by atoms with E-state index in [0.29, 0.717) is 15.6 Å². The van der Waals surface area contributed by atoms with Crippen molar-refractivity contribution in [1.82, 2.24) is 0 Å². The molecule has 0 aliphatic rings. The second-order valence-corrected chi connectivity index (χ2v) is 3.63. The van der Waals surface area contributed by atoms with Crippen LogP contribution in [0.5, 0.6) is 0 Å². The highest BCUT2D eigenvalue weighted by molar-refractivity contribution is 6.60. The van der Waals surface area contributed by atoms with Crippen LogP contribution in [0.4, 0.5) is 0 Å². The summed E-state index contributed by atoms with van der Waals surface area (Å²) in [5, 5.41) is 0.889. The fourth-order valence-corrected chi connectivity index (χ4v) is 0.861. The van der Waals surface area contributed by atoms with Crippen LogP contribution in [0.25, 0.3) is 0 Å². The summed E-state index contributed by atoms with van der Waals surface area (Å²) in [5.74, 6) is 0. The number of hydrogen-bond acceptors (Lipinski definition) is 0. The van der Waals surface area contributed by atoms with Gasteiger partial charge in [-0.25, -0.2) is 0 Å².